The summed E-state index contributed by atoms with van der Waals surface area (Å²) in [4.78, 5) is 5.11. The van der Waals surface area contributed by atoms with Gasteiger partial charge in [-0.2, -0.15) is 0 Å². The Morgan fingerprint density at radius 1 is 1.36 bits per heavy atom. The van der Waals surface area contributed by atoms with Gasteiger partial charge in [-0.3, -0.25) is 0 Å². The van der Waals surface area contributed by atoms with Crippen molar-refractivity contribution in [2.24, 2.45) is 5.16 Å². The highest BCUT2D eigenvalue weighted by molar-refractivity contribution is 5.78. The van der Waals surface area contributed by atoms with Crippen molar-refractivity contribution in [3.63, 3.8) is 0 Å². The van der Waals surface area contributed by atoms with E-state index >= 15 is 0 Å². The molecular formula is C11H15NO2. The van der Waals surface area contributed by atoms with Crippen LogP contribution in [-0.2, 0) is 11.4 Å². The fraction of sp³-hybridized carbons (Fsp3) is 0.364. The van der Waals surface area contributed by atoms with Gasteiger partial charge in [-0.05, 0) is 31.5 Å². The highest BCUT2D eigenvalue weighted by Crippen LogP contribution is 2.13. The van der Waals surface area contributed by atoms with Crippen LogP contribution in [0.3, 0.4) is 0 Å². The molecule has 3 heteroatoms. The van der Waals surface area contributed by atoms with Crippen LogP contribution in [0.15, 0.2) is 29.4 Å². The van der Waals surface area contributed by atoms with E-state index in [4.69, 9.17) is 9.57 Å². The predicted molar refractivity (Wildman–Crippen MR) is 56.6 cm³/mol. The second kappa shape index (κ2) is 5.27. The largest absolute Gasteiger partial charge is 0.497 e. The molecule has 76 valence electrons. The van der Waals surface area contributed by atoms with E-state index in [1.807, 2.05) is 38.1 Å². The Labute approximate surface area is 84.3 Å². The van der Waals surface area contributed by atoms with Gasteiger partial charge in [0.25, 0.3) is 0 Å². The Bertz CT molecular complexity index is 317. The van der Waals surface area contributed by atoms with E-state index < -0.39 is 0 Å². The van der Waals surface area contributed by atoms with E-state index in [1.165, 1.54) is 0 Å². The molecule has 1 aromatic carbocycles. The average molecular weight is 193 g/mol. The van der Waals surface area contributed by atoms with Gasteiger partial charge >= 0.3 is 0 Å². The highest BCUT2D eigenvalue weighted by Gasteiger charge is 1.95. The van der Waals surface area contributed by atoms with Gasteiger partial charge in [-0.1, -0.05) is 17.3 Å². The number of hydrogen-bond acceptors (Lipinski definition) is 3. The van der Waals surface area contributed by atoms with Crippen molar-refractivity contribution >= 4 is 5.71 Å². The summed E-state index contributed by atoms with van der Waals surface area (Å²) in [6, 6.07) is 7.74. The first-order chi connectivity index (χ1) is 6.72. The second-order valence-corrected chi connectivity index (χ2v) is 3.16. The van der Waals surface area contributed by atoms with Gasteiger partial charge in [0.1, 0.15) is 12.4 Å². The third-order valence-corrected chi connectivity index (χ3v) is 1.61. The van der Waals surface area contributed by atoms with Crippen LogP contribution >= 0.6 is 0 Å². The lowest BCUT2D eigenvalue weighted by molar-refractivity contribution is 0.130. The monoisotopic (exact) mass is 193 g/mol. The Kier molecular flexibility index (Phi) is 3.98. The first kappa shape index (κ1) is 10.6. The molecule has 0 aliphatic heterocycles. The molecule has 3 nitrogen and oxygen atoms in total. The summed E-state index contributed by atoms with van der Waals surface area (Å²) in [6.07, 6.45) is 0. The number of benzene rings is 1. The first-order valence-corrected chi connectivity index (χ1v) is 4.48. The molecule has 0 unspecified atom stereocenters. The molecule has 0 spiro atoms. The number of oxime groups is 1. The van der Waals surface area contributed by atoms with Gasteiger partial charge in [-0.15, -0.1) is 0 Å². The molecule has 0 fully saturated rings. The van der Waals surface area contributed by atoms with E-state index in [0.29, 0.717) is 6.61 Å². The summed E-state index contributed by atoms with van der Waals surface area (Å²) >= 11 is 0. The third-order valence-electron chi connectivity index (χ3n) is 1.61. The minimum absolute atomic E-state index is 0.475. The molecule has 0 heterocycles. The Morgan fingerprint density at radius 3 is 2.79 bits per heavy atom. The summed E-state index contributed by atoms with van der Waals surface area (Å²) in [5, 5.41) is 3.85. The van der Waals surface area contributed by atoms with Gasteiger partial charge in [0.15, 0.2) is 0 Å². The van der Waals surface area contributed by atoms with Crippen LogP contribution in [0.5, 0.6) is 5.75 Å². The summed E-state index contributed by atoms with van der Waals surface area (Å²) in [7, 11) is 1.65. The molecule has 0 aromatic heterocycles. The van der Waals surface area contributed by atoms with Crippen LogP contribution in [0, 0.1) is 0 Å². The summed E-state index contributed by atoms with van der Waals surface area (Å²) in [5.41, 5.74) is 1.96. The zero-order valence-electron chi connectivity index (χ0n) is 8.78. The summed E-state index contributed by atoms with van der Waals surface area (Å²) in [6.45, 7) is 4.26. The van der Waals surface area contributed by atoms with Crippen LogP contribution in [0.25, 0.3) is 0 Å². The highest BCUT2D eigenvalue weighted by atomic mass is 16.6. The lowest BCUT2D eigenvalue weighted by Crippen LogP contribution is -1.91. The van der Waals surface area contributed by atoms with E-state index in [-0.39, 0.29) is 0 Å². The normalized spacial score (nSPS) is 9.36. The van der Waals surface area contributed by atoms with Crippen LogP contribution in [0.4, 0.5) is 0 Å². The smallest absolute Gasteiger partial charge is 0.142 e. The number of methoxy groups -OCH3 is 1. The molecule has 1 aromatic rings. The maximum absolute atomic E-state index is 5.11. The molecule has 0 atom stereocenters. The lowest BCUT2D eigenvalue weighted by atomic mass is 10.2. The van der Waals surface area contributed by atoms with Gasteiger partial charge in [0.05, 0.1) is 12.8 Å². The Hall–Kier alpha value is -1.51. The van der Waals surface area contributed by atoms with Crippen LogP contribution < -0.4 is 4.74 Å². The topological polar surface area (TPSA) is 30.8 Å². The van der Waals surface area contributed by atoms with Gasteiger partial charge in [0, 0.05) is 0 Å². The predicted octanol–water partition coefficient (Wildman–Crippen LogP) is 2.61. The molecule has 0 aliphatic carbocycles. The molecule has 0 radical (unpaired) electrons. The van der Waals surface area contributed by atoms with Crippen molar-refractivity contribution in [2.75, 3.05) is 7.11 Å². The zero-order chi connectivity index (χ0) is 10.4. The molecule has 0 N–H and O–H groups in total. The fourth-order valence-corrected chi connectivity index (χ4v) is 0.998. The Balaban J connectivity index is 2.54. The van der Waals surface area contributed by atoms with Crippen molar-refractivity contribution in [1.29, 1.82) is 0 Å². The molecule has 0 saturated carbocycles. The number of hydrogen-bond donors (Lipinski definition) is 0. The van der Waals surface area contributed by atoms with Crippen LogP contribution in [0.2, 0.25) is 0 Å². The SMILES string of the molecule is COc1cccc(CON=C(C)C)c1. The van der Waals surface area contributed by atoms with Gasteiger partial charge in [-0.25, -0.2) is 0 Å². The van der Waals surface area contributed by atoms with Crippen molar-refractivity contribution < 1.29 is 9.57 Å². The van der Waals surface area contributed by atoms with Gasteiger partial charge in [0.2, 0.25) is 0 Å². The maximum Gasteiger partial charge on any atom is 0.142 e. The number of nitrogens with zero attached hydrogens (tertiary/aromatic N) is 1. The molecular weight excluding hydrogens is 178 g/mol. The summed E-state index contributed by atoms with van der Waals surface area (Å²) in [5.74, 6) is 0.836. The van der Waals surface area contributed by atoms with Crippen molar-refractivity contribution in [2.45, 2.75) is 20.5 Å². The van der Waals surface area contributed by atoms with E-state index in [1.54, 1.807) is 7.11 Å². The minimum Gasteiger partial charge on any atom is -0.497 e. The second-order valence-electron chi connectivity index (χ2n) is 3.16. The number of ether oxygens (including phenoxy) is 1. The van der Waals surface area contributed by atoms with E-state index in [0.717, 1.165) is 17.0 Å². The standard InChI is InChI=1S/C11H15NO2/c1-9(2)12-14-8-10-5-4-6-11(7-10)13-3/h4-7H,8H2,1-3H3. The molecule has 0 amide bonds. The average Bonchev–Trinajstić information content (AvgIpc) is 2.18. The fourth-order valence-electron chi connectivity index (χ4n) is 0.998. The third kappa shape index (κ3) is 3.47. The van der Waals surface area contributed by atoms with Crippen molar-refractivity contribution in [3.05, 3.63) is 29.8 Å². The summed E-state index contributed by atoms with van der Waals surface area (Å²) < 4.78 is 5.09. The zero-order valence-corrected chi connectivity index (χ0v) is 8.78. The lowest BCUT2D eigenvalue weighted by Gasteiger charge is -2.03. The number of rotatable bonds is 4. The van der Waals surface area contributed by atoms with E-state index in [2.05, 4.69) is 5.16 Å². The maximum atomic E-state index is 5.11. The minimum atomic E-state index is 0.475. The van der Waals surface area contributed by atoms with Gasteiger partial charge < -0.3 is 9.57 Å². The first-order valence-electron chi connectivity index (χ1n) is 4.48. The Morgan fingerprint density at radius 2 is 2.14 bits per heavy atom. The van der Waals surface area contributed by atoms with Crippen molar-refractivity contribution in [1.82, 2.24) is 0 Å². The molecule has 0 saturated heterocycles. The molecule has 1 rings (SSSR count). The quantitative estimate of drug-likeness (QED) is 0.543. The van der Waals surface area contributed by atoms with Crippen molar-refractivity contribution in [3.8, 4) is 5.75 Å². The van der Waals surface area contributed by atoms with Crippen LogP contribution in [-0.4, -0.2) is 12.8 Å². The van der Waals surface area contributed by atoms with Crippen LogP contribution in [0.1, 0.15) is 19.4 Å². The molecule has 0 bridgehead atoms. The molecule has 14 heavy (non-hydrogen) atoms. The molecule has 0 aliphatic rings. The van der Waals surface area contributed by atoms with E-state index in [9.17, 15) is 0 Å².